The van der Waals surface area contributed by atoms with Crippen molar-refractivity contribution in [2.45, 2.75) is 19.4 Å². The van der Waals surface area contributed by atoms with Gasteiger partial charge < -0.3 is 15.4 Å². The smallest absolute Gasteiger partial charge is 0.227 e. The van der Waals surface area contributed by atoms with E-state index in [4.69, 9.17) is 4.74 Å². The third kappa shape index (κ3) is 6.27. The molecule has 1 aliphatic rings. The minimum absolute atomic E-state index is 0. The zero-order chi connectivity index (χ0) is 22.5. The molecule has 3 aromatic carbocycles. The predicted molar refractivity (Wildman–Crippen MR) is 124 cm³/mol. The van der Waals surface area contributed by atoms with Gasteiger partial charge in [0.25, 0.3) is 0 Å². The Morgan fingerprint density at radius 2 is 1.64 bits per heavy atom. The van der Waals surface area contributed by atoms with Crippen molar-refractivity contribution in [1.82, 2.24) is 5.32 Å². The second kappa shape index (κ2) is 11.2. The minimum Gasteiger partial charge on any atom is -0.489 e. The van der Waals surface area contributed by atoms with Crippen LogP contribution in [0.25, 0.3) is 11.1 Å². The molecule has 3 aromatic rings. The average molecular weight is 477 g/mol. The van der Waals surface area contributed by atoms with Crippen LogP contribution in [0.4, 0.5) is 18.9 Å². The summed E-state index contributed by atoms with van der Waals surface area (Å²) < 4.78 is 46.9. The summed E-state index contributed by atoms with van der Waals surface area (Å²) in [6, 6.07) is 15.0. The van der Waals surface area contributed by atoms with Crippen LogP contribution in [0, 0.1) is 23.4 Å². The number of ether oxygens (including phenoxy) is 1. The molecule has 0 spiro atoms. The van der Waals surface area contributed by atoms with Gasteiger partial charge in [0, 0.05) is 29.8 Å². The molecule has 0 saturated carbocycles. The number of hydrogen-bond donors (Lipinski definition) is 2. The number of rotatable bonds is 6. The molecule has 2 N–H and O–H groups in total. The highest BCUT2D eigenvalue weighted by molar-refractivity contribution is 5.92. The molecule has 0 aromatic heterocycles. The number of hydrogen-bond acceptors (Lipinski definition) is 3. The Bertz CT molecular complexity index is 1080. The molecule has 4 nitrogen and oxygen atoms in total. The molecule has 0 bridgehead atoms. The second-order valence-corrected chi connectivity index (χ2v) is 7.77. The molecule has 1 saturated heterocycles. The summed E-state index contributed by atoms with van der Waals surface area (Å²) in [4.78, 5) is 12.4. The molecule has 1 aliphatic heterocycles. The quantitative estimate of drug-likeness (QED) is 0.479. The molecule has 8 heteroatoms. The number of amides is 1. The SMILES string of the molecule is Cl.O=C(Nc1cccc(OCc2ccc(-c3c(F)cc(F)cc3F)cc2)c1)C1CCNCC1. The van der Waals surface area contributed by atoms with E-state index in [-0.39, 0.29) is 36.4 Å². The second-order valence-electron chi connectivity index (χ2n) is 7.77. The van der Waals surface area contributed by atoms with Gasteiger partial charge in [-0.2, -0.15) is 0 Å². The van der Waals surface area contributed by atoms with Gasteiger partial charge in [-0.05, 0) is 49.2 Å². The Kier molecular flexibility index (Phi) is 8.36. The van der Waals surface area contributed by atoms with E-state index in [2.05, 4.69) is 10.6 Å². The van der Waals surface area contributed by atoms with Crippen molar-refractivity contribution in [3.63, 3.8) is 0 Å². The number of halogens is 4. The van der Waals surface area contributed by atoms with Gasteiger partial charge in [-0.1, -0.05) is 30.3 Å². The molecule has 1 fully saturated rings. The maximum atomic E-state index is 14.0. The summed E-state index contributed by atoms with van der Waals surface area (Å²) >= 11 is 0. The number of piperidine rings is 1. The summed E-state index contributed by atoms with van der Waals surface area (Å²) in [5.41, 5.74) is 1.51. The molecule has 33 heavy (non-hydrogen) atoms. The van der Waals surface area contributed by atoms with Crippen molar-refractivity contribution in [3.8, 4) is 16.9 Å². The van der Waals surface area contributed by atoms with Crippen molar-refractivity contribution in [1.29, 1.82) is 0 Å². The van der Waals surface area contributed by atoms with Gasteiger partial charge in [0.1, 0.15) is 29.8 Å². The fourth-order valence-corrected chi connectivity index (χ4v) is 3.74. The molecular formula is C25H24ClF3N2O2. The summed E-state index contributed by atoms with van der Waals surface area (Å²) in [6.07, 6.45) is 1.65. The Labute approximate surface area is 196 Å². The van der Waals surface area contributed by atoms with E-state index in [0.29, 0.717) is 29.1 Å². The first-order valence-corrected chi connectivity index (χ1v) is 10.5. The Morgan fingerprint density at radius 1 is 0.970 bits per heavy atom. The lowest BCUT2D eigenvalue weighted by atomic mass is 9.97. The van der Waals surface area contributed by atoms with Crippen LogP contribution < -0.4 is 15.4 Å². The van der Waals surface area contributed by atoms with Crippen LogP contribution in [0.2, 0.25) is 0 Å². The Morgan fingerprint density at radius 3 is 2.30 bits per heavy atom. The lowest BCUT2D eigenvalue weighted by molar-refractivity contribution is -0.120. The van der Waals surface area contributed by atoms with E-state index in [0.717, 1.165) is 31.5 Å². The molecule has 0 aliphatic carbocycles. The highest BCUT2D eigenvalue weighted by atomic mass is 35.5. The van der Waals surface area contributed by atoms with Gasteiger partial charge >= 0.3 is 0 Å². The first-order chi connectivity index (χ1) is 15.5. The van der Waals surface area contributed by atoms with Crippen LogP contribution in [0.3, 0.4) is 0 Å². The third-order valence-corrected chi connectivity index (χ3v) is 5.47. The summed E-state index contributed by atoms with van der Waals surface area (Å²) in [5, 5.41) is 6.19. The van der Waals surface area contributed by atoms with Crippen LogP contribution in [-0.4, -0.2) is 19.0 Å². The standard InChI is InChI=1S/C25H23F3N2O2.ClH/c26-19-12-22(27)24(23(28)13-19)17-6-4-16(5-7-17)15-32-21-3-1-2-20(14-21)30-25(31)18-8-10-29-11-9-18;/h1-7,12-14,18,29H,8-11,15H2,(H,30,31);1H. The molecule has 0 unspecified atom stereocenters. The largest absolute Gasteiger partial charge is 0.489 e. The number of nitrogens with one attached hydrogen (secondary N) is 2. The van der Waals surface area contributed by atoms with E-state index in [1.807, 2.05) is 6.07 Å². The molecule has 0 atom stereocenters. The van der Waals surface area contributed by atoms with Gasteiger partial charge in [-0.15, -0.1) is 12.4 Å². The normalized spacial score (nSPS) is 13.8. The van der Waals surface area contributed by atoms with Crippen molar-refractivity contribution in [2.75, 3.05) is 18.4 Å². The van der Waals surface area contributed by atoms with Crippen LogP contribution in [0.1, 0.15) is 18.4 Å². The maximum absolute atomic E-state index is 14.0. The zero-order valence-electron chi connectivity index (χ0n) is 17.7. The summed E-state index contributed by atoms with van der Waals surface area (Å²) in [6.45, 7) is 1.93. The van der Waals surface area contributed by atoms with Crippen molar-refractivity contribution >= 4 is 24.0 Å². The van der Waals surface area contributed by atoms with Gasteiger partial charge in [-0.25, -0.2) is 13.2 Å². The van der Waals surface area contributed by atoms with E-state index in [9.17, 15) is 18.0 Å². The first kappa shape index (κ1) is 24.6. The fraction of sp³-hybridized carbons (Fsp3) is 0.240. The van der Waals surface area contributed by atoms with Gasteiger partial charge in [-0.3, -0.25) is 4.79 Å². The lowest BCUT2D eigenvalue weighted by Crippen LogP contribution is -2.34. The molecule has 1 amide bonds. The Hall–Kier alpha value is -3.03. The highest BCUT2D eigenvalue weighted by Crippen LogP contribution is 2.28. The number of carbonyl (C=O) groups excluding carboxylic acids is 1. The van der Waals surface area contributed by atoms with E-state index in [1.54, 1.807) is 42.5 Å². The molecule has 1 heterocycles. The molecular weight excluding hydrogens is 453 g/mol. The fourth-order valence-electron chi connectivity index (χ4n) is 3.74. The number of benzene rings is 3. The first-order valence-electron chi connectivity index (χ1n) is 10.5. The monoisotopic (exact) mass is 476 g/mol. The molecule has 174 valence electrons. The van der Waals surface area contributed by atoms with Crippen LogP contribution in [0.5, 0.6) is 5.75 Å². The lowest BCUT2D eigenvalue weighted by Gasteiger charge is -2.21. The topological polar surface area (TPSA) is 50.4 Å². The summed E-state index contributed by atoms with van der Waals surface area (Å²) in [7, 11) is 0. The predicted octanol–water partition coefficient (Wildman–Crippen LogP) is 5.71. The van der Waals surface area contributed by atoms with Crippen LogP contribution in [0.15, 0.2) is 60.7 Å². The highest BCUT2D eigenvalue weighted by Gasteiger charge is 2.21. The van der Waals surface area contributed by atoms with Crippen LogP contribution >= 0.6 is 12.4 Å². The van der Waals surface area contributed by atoms with E-state index in [1.165, 1.54) is 0 Å². The van der Waals surface area contributed by atoms with Crippen LogP contribution in [-0.2, 0) is 11.4 Å². The van der Waals surface area contributed by atoms with E-state index >= 15 is 0 Å². The maximum Gasteiger partial charge on any atom is 0.227 e. The average Bonchev–Trinajstić information content (AvgIpc) is 2.79. The Balaban J connectivity index is 0.00000306. The molecule has 4 rings (SSSR count). The van der Waals surface area contributed by atoms with Gasteiger partial charge in [0.2, 0.25) is 5.91 Å². The van der Waals surface area contributed by atoms with Crippen molar-refractivity contribution in [2.24, 2.45) is 5.92 Å². The van der Waals surface area contributed by atoms with Crippen molar-refractivity contribution in [3.05, 3.63) is 83.7 Å². The molecule has 0 radical (unpaired) electrons. The number of anilines is 1. The minimum atomic E-state index is -0.956. The van der Waals surface area contributed by atoms with Crippen molar-refractivity contribution < 1.29 is 22.7 Å². The zero-order valence-corrected chi connectivity index (χ0v) is 18.6. The van der Waals surface area contributed by atoms with Gasteiger partial charge in [0.05, 0.1) is 5.56 Å². The van der Waals surface area contributed by atoms with E-state index < -0.39 is 17.5 Å². The number of carbonyl (C=O) groups is 1. The third-order valence-electron chi connectivity index (χ3n) is 5.47. The summed E-state index contributed by atoms with van der Waals surface area (Å²) in [5.74, 6) is -2.24. The van der Waals surface area contributed by atoms with Gasteiger partial charge in [0.15, 0.2) is 0 Å².